The molecule has 3 aromatic rings. The molecule has 0 atom stereocenters. The molecule has 0 aliphatic rings. The molecule has 43 heavy (non-hydrogen) atoms. The first-order valence-electron chi connectivity index (χ1n) is 12.8. The number of carbonyl (C=O) groups is 2. The number of hydrogen-bond donors (Lipinski definition) is 3. The summed E-state index contributed by atoms with van der Waals surface area (Å²) in [5.74, 6) is 1.98. The molecule has 0 saturated heterocycles. The van der Waals surface area contributed by atoms with Crippen molar-refractivity contribution in [1.82, 2.24) is 10.2 Å². The van der Waals surface area contributed by atoms with Crippen molar-refractivity contribution < 1.29 is 43.5 Å². The summed E-state index contributed by atoms with van der Waals surface area (Å²) in [4.78, 5) is 22.6. The number of unbranched alkanes of at least 4 members (excludes halogenated alkanes) is 1. The number of aromatic nitrogens is 2. The number of ether oxygens (including phenoxy) is 5. The quantitative estimate of drug-likeness (QED) is 0.0875. The molecule has 0 spiro atoms. The number of methoxy groups -OCH3 is 2. The number of carbonyl (C=O) groups excluding carboxylic acids is 1. The summed E-state index contributed by atoms with van der Waals surface area (Å²) in [6.45, 7) is 4.92. The fourth-order valence-corrected chi connectivity index (χ4v) is 3.63. The highest BCUT2D eigenvalue weighted by atomic mass is 16.7. The number of phenols is 1. The molecule has 0 bridgehead atoms. The highest BCUT2D eigenvalue weighted by molar-refractivity contribution is 5.92. The van der Waals surface area contributed by atoms with Gasteiger partial charge in [-0.05, 0) is 75.1 Å². The number of H-pyrrole nitrogens is 1. The van der Waals surface area contributed by atoms with E-state index in [-0.39, 0.29) is 38.5 Å². The summed E-state index contributed by atoms with van der Waals surface area (Å²) < 4.78 is 25.5. The molecule has 3 N–H and O–H groups in total. The maximum atomic E-state index is 11.4. The third-order valence-electron chi connectivity index (χ3n) is 5.74. The Balaban J connectivity index is 0.000000892. The Labute approximate surface area is 254 Å². The number of esters is 1. The Morgan fingerprint density at radius 3 is 2.21 bits per heavy atom. The van der Waals surface area contributed by atoms with Crippen molar-refractivity contribution in [3.63, 3.8) is 0 Å². The molecule has 11 nitrogen and oxygen atoms in total. The average Bonchev–Trinajstić information content (AvgIpc) is 3.29. The molecule has 1 heterocycles. The SMILES string of the molecule is C.C.C#CCCCOc1ccc(OCCCc2c(C)n[nH]c2C)cc1C(=O)O.COCOc1ccc(O)c(C(=O)OC)c1. The molecule has 0 fully saturated rings. The lowest BCUT2D eigenvalue weighted by atomic mass is 10.1. The van der Waals surface area contributed by atoms with E-state index in [4.69, 9.17) is 25.4 Å². The second-order valence-corrected chi connectivity index (χ2v) is 8.71. The van der Waals surface area contributed by atoms with E-state index < -0.39 is 11.9 Å². The lowest BCUT2D eigenvalue weighted by molar-refractivity contribution is 0.0502. The third-order valence-corrected chi connectivity index (χ3v) is 5.74. The van der Waals surface area contributed by atoms with Gasteiger partial charge in [-0.2, -0.15) is 5.10 Å². The van der Waals surface area contributed by atoms with Crippen molar-refractivity contribution in [2.24, 2.45) is 0 Å². The summed E-state index contributed by atoms with van der Waals surface area (Å²) >= 11 is 0. The molecule has 0 unspecified atom stereocenters. The summed E-state index contributed by atoms with van der Waals surface area (Å²) in [6.07, 6.45) is 8.14. The number of nitrogens with one attached hydrogen (secondary N) is 1. The number of aromatic hydroxyl groups is 1. The zero-order valence-electron chi connectivity index (χ0n) is 23.7. The number of rotatable bonds is 14. The first-order valence-corrected chi connectivity index (χ1v) is 12.8. The monoisotopic (exact) mass is 600 g/mol. The van der Waals surface area contributed by atoms with Gasteiger partial charge in [0.15, 0.2) is 6.79 Å². The number of terminal acetylenes is 1. The zero-order chi connectivity index (χ0) is 30.2. The van der Waals surface area contributed by atoms with Crippen LogP contribution in [0.2, 0.25) is 0 Å². The number of aromatic carboxylic acids is 1. The summed E-state index contributed by atoms with van der Waals surface area (Å²) in [5, 5.41) is 25.9. The van der Waals surface area contributed by atoms with Gasteiger partial charge in [-0.1, -0.05) is 14.9 Å². The molecule has 0 aliphatic heterocycles. The summed E-state index contributed by atoms with van der Waals surface area (Å²) in [7, 11) is 2.73. The van der Waals surface area contributed by atoms with E-state index in [1.165, 1.54) is 44.0 Å². The van der Waals surface area contributed by atoms with Gasteiger partial charge in [0.05, 0.1) is 26.0 Å². The van der Waals surface area contributed by atoms with Crippen LogP contribution in [-0.4, -0.2) is 66.6 Å². The lowest BCUT2D eigenvalue weighted by Gasteiger charge is -2.11. The smallest absolute Gasteiger partial charge is 0.341 e. The summed E-state index contributed by atoms with van der Waals surface area (Å²) in [5.41, 5.74) is 3.43. The maximum Gasteiger partial charge on any atom is 0.341 e. The van der Waals surface area contributed by atoms with Crippen LogP contribution in [0.5, 0.6) is 23.0 Å². The number of nitrogens with zero attached hydrogens (tertiary/aromatic N) is 1. The van der Waals surface area contributed by atoms with Gasteiger partial charge in [-0.25, -0.2) is 9.59 Å². The van der Waals surface area contributed by atoms with Crippen molar-refractivity contribution in [3.8, 4) is 35.3 Å². The highest BCUT2D eigenvalue weighted by Crippen LogP contribution is 2.25. The molecule has 11 heteroatoms. The highest BCUT2D eigenvalue weighted by Gasteiger charge is 2.14. The molecule has 0 radical (unpaired) electrons. The van der Waals surface area contributed by atoms with Crippen molar-refractivity contribution in [1.29, 1.82) is 0 Å². The standard InChI is InChI=1S/C20H24N2O4.C10H12O5.2CH4/c1-4-5-6-11-26-19-10-9-16(13-18(19)20(23)24)25-12-7-8-17-14(2)21-22-15(17)3;1-13-6-15-7-3-4-9(11)8(5-7)10(12)14-2;;/h1,9-10,13H,5-8,11-12H2,2-3H3,(H,21,22)(H,23,24);3-5,11H,6H2,1-2H3;2*1H4. The minimum Gasteiger partial charge on any atom is -0.507 e. The first-order chi connectivity index (χ1) is 19.7. The van der Waals surface area contributed by atoms with Crippen LogP contribution < -0.4 is 14.2 Å². The van der Waals surface area contributed by atoms with E-state index >= 15 is 0 Å². The molecule has 2 aromatic carbocycles. The van der Waals surface area contributed by atoms with E-state index in [1.54, 1.807) is 12.1 Å². The Bertz CT molecular complexity index is 1310. The van der Waals surface area contributed by atoms with E-state index in [0.29, 0.717) is 43.3 Å². The second-order valence-electron chi connectivity index (χ2n) is 8.71. The van der Waals surface area contributed by atoms with Crippen molar-refractivity contribution in [2.75, 3.05) is 34.2 Å². The number of phenolic OH excluding ortho intramolecular Hbond substituents is 1. The predicted octanol–water partition coefficient (Wildman–Crippen LogP) is 5.96. The fraction of sp³-hybridized carbons (Fsp3) is 0.406. The third kappa shape index (κ3) is 12.4. The van der Waals surface area contributed by atoms with Gasteiger partial charge in [-0.15, -0.1) is 12.3 Å². The molecule has 3 rings (SSSR count). The Morgan fingerprint density at radius 1 is 0.953 bits per heavy atom. The number of carboxylic acids is 1. The molecule has 1 aromatic heterocycles. The van der Waals surface area contributed by atoms with Gasteiger partial charge in [0.25, 0.3) is 0 Å². The van der Waals surface area contributed by atoms with E-state index in [2.05, 4.69) is 20.9 Å². The van der Waals surface area contributed by atoms with Crippen LogP contribution >= 0.6 is 0 Å². The van der Waals surface area contributed by atoms with Crippen LogP contribution in [0, 0.1) is 26.2 Å². The minimum absolute atomic E-state index is 0. The molecule has 236 valence electrons. The van der Waals surface area contributed by atoms with Gasteiger partial charge in [0, 0.05) is 19.2 Å². The summed E-state index contributed by atoms with van der Waals surface area (Å²) in [6, 6.07) is 9.11. The van der Waals surface area contributed by atoms with Gasteiger partial charge < -0.3 is 33.9 Å². The van der Waals surface area contributed by atoms with Gasteiger partial charge >= 0.3 is 11.9 Å². The molecule has 0 amide bonds. The molecular weight excluding hydrogens is 556 g/mol. The maximum absolute atomic E-state index is 11.4. The van der Waals surface area contributed by atoms with Crippen molar-refractivity contribution in [2.45, 2.75) is 54.4 Å². The van der Waals surface area contributed by atoms with Crippen LogP contribution in [0.1, 0.15) is 71.8 Å². The predicted molar refractivity (Wildman–Crippen MR) is 164 cm³/mol. The lowest BCUT2D eigenvalue weighted by Crippen LogP contribution is -2.06. The van der Waals surface area contributed by atoms with Crippen LogP contribution in [0.25, 0.3) is 0 Å². The fourth-order valence-electron chi connectivity index (χ4n) is 3.63. The number of aryl methyl sites for hydroxylation is 2. The van der Waals surface area contributed by atoms with Crippen molar-refractivity contribution >= 4 is 11.9 Å². The van der Waals surface area contributed by atoms with E-state index in [0.717, 1.165) is 24.2 Å². The number of aromatic amines is 1. The van der Waals surface area contributed by atoms with Crippen molar-refractivity contribution in [3.05, 3.63) is 64.5 Å². The van der Waals surface area contributed by atoms with Crippen LogP contribution in [0.4, 0.5) is 0 Å². The van der Waals surface area contributed by atoms with Crippen LogP contribution in [0.15, 0.2) is 36.4 Å². The largest absolute Gasteiger partial charge is 0.507 e. The number of carboxylic acid groups (broad SMARTS) is 1. The normalized spacial score (nSPS) is 9.65. The Morgan fingerprint density at radius 2 is 1.60 bits per heavy atom. The molecule has 0 saturated carbocycles. The van der Waals surface area contributed by atoms with Crippen LogP contribution in [-0.2, 0) is 15.9 Å². The zero-order valence-corrected chi connectivity index (χ0v) is 23.7. The first kappa shape index (κ1) is 38.3. The topological polar surface area (TPSA) is 149 Å². The average molecular weight is 601 g/mol. The second kappa shape index (κ2) is 20.2. The molecule has 0 aliphatic carbocycles. The van der Waals surface area contributed by atoms with Crippen LogP contribution in [0.3, 0.4) is 0 Å². The number of benzene rings is 2. The Kier molecular flexibility index (Phi) is 18.0. The molecular formula is C32H44N2O9. The van der Waals surface area contributed by atoms with E-state index in [9.17, 15) is 19.8 Å². The Hall–Kier alpha value is -4.69. The number of hydrogen-bond acceptors (Lipinski definition) is 9. The van der Waals surface area contributed by atoms with Gasteiger partial charge in [0.2, 0.25) is 0 Å². The van der Waals surface area contributed by atoms with Gasteiger partial charge in [-0.3, -0.25) is 5.10 Å². The van der Waals surface area contributed by atoms with Gasteiger partial charge in [0.1, 0.15) is 34.1 Å². The minimum atomic E-state index is -1.05. The van der Waals surface area contributed by atoms with E-state index in [1.807, 2.05) is 13.8 Å².